The van der Waals surface area contributed by atoms with Gasteiger partial charge in [0.25, 0.3) is 5.91 Å². The van der Waals surface area contributed by atoms with E-state index in [-0.39, 0.29) is 11.9 Å². The molecule has 1 fully saturated rings. The molecule has 3 rings (SSSR count). The quantitative estimate of drug-likeness (QED) is 0.798. The molecule has 26 heavy (non-hydrogen) atoms. The van der Waals surface area contributed by atoms with Gasteiger partial charge in [0, 0.05) is 24.0 Å². The van der Waals surface area contributed by atoms with Gasteiger partial charge in [-0.15, -0.1) is 11.3 Å². The van der Waals surface area contributed by atoms with Gasteiger partial charge in [0.05, 0.1) is 5.56 Å². The minimum absolute atomic E-state index is 0.146. The first-order chi connectivity index (χ1) is 12.7. The van der Waals surface area contributed by atoms with Crippen LogP contribution in [0.1, 0.15) is 40.9 Å². The molecule has 2 N–H and O–H groups in total. The first kappa shape index (κ1) is 18.9. The first-order valence-electron chi connectivity index (χ1n) is 9.15. The van der Waals surface area contributed by atoms with Crippen molar-refractivity contribution in [3.05, 3.63) is 52.0 Å². The van der Waals surface area contributed by atoms with Crippen LogP contribution in [0.25, 0.3) is 0 Å². The number of amides is 1. The van der Waals surface area contributed by atoms with E-state index in [0.717, 1.165) is 32.1 Å². The van der Waals surface area contributed by atoms with Crippen LogP contribution < -0.4 is 10.5 Å². The second-order valence-electron chi connectivity index (χ2n) is 6.54. The molecule has 0 saturated carbocycles. The molecule has 0 radical (unpaired) electrons. The van der Waals surface area contributed by atoms with Crippen molar-refractivity contribution in [3.8, 4) is 5.75 Å². The highest BCUT2D eigenvalue weighted by Crippen LogP contribution is 2.28. The number of thiophene rings is 1. The van der Waals surface area contributed by atoms with Crippen molar-refractivity contribution in [1.29, 1.82) is 0 Å². The smallest absolute Gasteiger partial charge is 0.257 e. The topological polar surface area (TPSA) is 55.6 Å². The van der Waals surface area contributed by atoms with Crippen LogP contribution >= 0.6 is 11.3 Å². The minimum atomic E-state index is -0.430. The Balaban J connectivity index is 1.76. The van der Waals surface area contributed by atoms with E-state index in [9.17, 15) is 9.18 Å². The molecule has 2 heterocycles. The molecule has 0 unspecified atom stereocenters. The van der Waals surface area contributed by atoms with E-state index >= 15 is 0 Å². The number of halogens is 1. The molecule has 2 aromatic rings. The summed E-state index contributed by atoms with van der Waals surface area (Å²) in [6.45, 7) is 1.35. The predicted octanol–water partition coefficient (Wildman–Crippen LogP) is 3.85. The number of nitrogens with zero attached hydrogens (tertiary/aromatic N) is 1. The number of rotatable bonds is 7. The summed E-state index contributed by atoms with van der Waals surface area (Å²) in [6.07, 6.45) is 4.99. The van der Waals surface area contributed by atoms with Gasteiger partial charge in [-0.2, -0.15) is 0 Å². The highest BCUT2D eigenvalue weighted by atomic mass is 32.1. The molecular weight excluding hydrogens is 351 g/mol. The number of hydrogen-bond acceptors (Lipinski definition) is 4. The number of carbonyl (C=O) groups excluding carboxylic acids is 1. The SMILES string of the molecule is NCCOc1ccc(F)cc1C(=O)N1CCCC[C@@H]1CCc1cccs1. The van der Waals surface area contributed by atoms with E-state index in [1.807, 2.05) is 4.90 Å². The molecule has 1 aliphatic rings. The van der Waals surface area contributed by atoms with E-state index in [0.29, 0.717) is 31.0 Å². The third-order valence-corrected chi connectivity index (χ3v) is 5.68. The van der Waals surface area contributed by atoms with Crippen molar-refractivity contribution < 1.29 is 13.9 Å². The van der Waals surface area contributed by atoms with Crippen molar-refractivity contribution in [3.63, 3.8) is 0 Å². The molecule has 140 valence electrons. The molecule has 4 nitrogen and oxygen atoms in total. The zero-order chi connectivity index (χ0) is 18.4. The molecule has 1 aromatic carbocycles. The van der Waals surface area contributed by atoms with Crippen molar-refractivity contribution in [1.82, 2.24) is 4.90 Å². The number of nitrogens with two attached hydrogens (primary N) is 1. The minimum Gasteiger partial charge on any atom is -0.491 e. The third-order valence-electron chi connectivity index (χ3n) is 4.74. The lowest BCUT2D eigenvalue weighted by Crippen LogP contribution is -2.44. The van der Waals surface area contributed by atoms with Crippen LogP contribution in [-0.4, -0.2) is 36.5 Å². The lowest BCUT2D eigenvalue weighted by Gasteiger charge is -2.36. The molecule has 0 aliphatic carbocycles. The Morgan fingerprint density at radius 3 is 3.00 bits per heavy atom. The van der Waals surface area contributed by atoms with E-state index in [1.54, 1.807) is 11.3 Å². The Labute approximate surface area is 157 Å². The Hall–Kier alpha value is -1.92. The summed E-state index contributed by atoms with van der Waals surface area (Å²) in [5.41, 5.74) is 5.78. The van der Waals surface area contributed by atoms with E-state index in [1.165, 1.54) is 23.1 Å². The molecule has 1 atom stereocenters. The largest absolute Gasteiger partial charge is 0.491 e. The van der Waals surface area contributed by atoms with Crippen LogP contribution in [0.2, 0.25) is 0 Å². The van der Waals surface area contributed by atoms with Crippen LogP contribution in [0.3, 0.4) is 0 Å². The normalized spacial score (nSPS) is 17.3. The van der Waals surface area contributed by atoms with Gasteiger partial charge in [-0.05, 0) is 61.7 Å². The summed E-state index contributed by atoms with van der Waals surface area (Å²) < 4.78 is 19.3. The average Bonchev–Trinajstić information content (AvgIpc) is 3.18. The fourth-order valence-electron chi connectivity index (χ4n) is 3.45. The lowest BCUT2D eigenvalue weighted by molar-refractivity contribution is 0.0597. The van der Waals surface area contributed by atoms with Crippen molar-refractivity contribution >= 4 is 17.2 Å². The maximum absolute atomic E-state index is 13.8. The number of ether oxygens (including phenoxy) is 1. The first-order valence-corrected chi connectivity index (χ1v) is 10.0. The van der Waals surface area contributed by atoms with E-state index in [2.05, 4.69) is 17.5 Å². The molecular formula is C20H25FN2O2S. The molecule has 0 bridgehead atoms. The molecule has 1 saturated heterocycles. The number of likely N-dealkylation sites (tertiary alicyclic amines) is 1. The Kier molecular flexibility index (Phi) is 6.63. The number of piperidine rings is 1. The monoisotopic (exact) mass is 376 g/mol. The van der Waals surface area contributed by atoms with Gasteiger partial charge in [-0.25, -0.2) is 4.39 Å². The predicted molar refractivity (Wildman–Crippen MR) is 102 cm³/mol. The van der Waals surface area contributed by atoms with Crippen LogP contribution in [0.4, 0.5) is 4.39 Å². The molecule has 1 amide bonds. The van der Waals surface area contributed by atoms with Gasteiger partial charge in [0.1, 0.15) is 18.2 Å². The summed E-state index contributed by atoms with van der Waals surface area (Å²) in [4.78, 5) is 16.4. The molecule has 1 aromatic heterocycles. The van der Waals surface area contributed by atoms with Gasteiger partial charge in [0.2, 0.25) is 0 Å². The van der Waals surface area contributed by atoms with Crippen LogP contribution in [-0.2, 0) is 6.42 Å². The van der Waals surface area contributed by atoms with Gasteiger partial charge in [0.15, 0.2) is 0 Å². The van der Waals surface area contributed by atoms with Crippen LogP contribution in [0, 0.1) is 5.82 Å². The maximum atomic E-state index is 13.8. The molecule has 0 spiro atoms. The van der Waals surface area contributed by atoms with Crippen molar-refractivity contribution in [2.75, 3.05) is 19.7 Å². The summed E-state index contributed by atoms with van der Waals surface area (Å²) in [5, 5.41) is 2.08. The van der Waals surface area contributed by atoms with Crippen LogP contribution in [0.5, 0.6) is 5.75 Å². The van der Waals surface area contributed by atoms with E-state index in [4.69, 9.17) is 10.5 Å². The van der Waals surface area contributed by atoms with Gasteiger partial charge >= 0.3 is 0 Å². The van der Waals surface area contributed by atoms with Gasteiger partial charge < -0.3 is 15.4 Å². The summed E-state index contributed by atoms with van der Waals surface area (Å²) in [7, 11) is 0. The van der Waals surface area contributed by atoms with Crippen molar-refractivity contribution in [2.24, 2.45) is 5.73 Å². The number of carbonyl (C=O) groups is 1. The van der Waals surface area contributed by atoms with Gasteiger partial charge in [-0.1, -0.05) is 6.07 Å². The number of benzene rings is 1. The Morgan fingerprint density at radius 2 is 2.23 bits per heavy atom. The molecule has 6 heteroatoms. The summed E-state index contributed by atoms with van der Waals surface area (Å²) >= 11 is 1.75. The zero-order valence-electron chi connectivity index (χ0n) is 14.8. The standard InChI is InChI=1S/C20H25FN2O2S/c21-15-6-9-19(25-12-10-22)18(14-15)20(24)23-11-2-1-4-16(23)7-8-17-5-3-13-26-17/h3,5-6,9,13-14,16H,1-2,4,7-8,10-12,22H2/t16-/m1/s1. The summed E-state index contributed by atoms with van der Waals surface area (Å²) in [5.74, 6) is -0.169. The second kappa shape index (κ2) is 9.14. The summed E-state index contributed by atoms with van der Waals surface area (Å²) in [6, 6.07) is 8.47. The lowest BCUT2D eigenvalue weighted by atomic mass is 9.96. The fourth-order valence-corrected chi connectivity index (χ4v) is 4.18. The third kappa shape index (κ3) is 4.62. The Bertz CT molecular complexity index is 721. The highest BCUT2D eigenvalue weighted by Gasteiger charge is 2.29. The van der Waals surface area contributed by atoms with Crippen molar-refractivity contribution in [2.45, 2.75) is 38.1 Å². The number of hydrogen-bond donors (Lipinski definition) is 1. The molecule has 1 aliphatic heterocycles. The fraction of sp³-hybridized carbons (Fsp3) is 0.450. The van der Waals surface area contributed by atoms with E-state index < -0.39 is 5.82 Å². The zero-order valence-corrected chi connectivity index (χ0v) is 15.6. The van der Waals surface area contributed by atoms with Gasteiger partial charge in [-0.3, -0.25) is 4.79 Å². The Morgan fingerprint density at radius 1 is 1.35 bits per heavy atom. The highest BCUT2D eigenvalue weighted by molar-refractivity contribution is 7.09. The second-order valence-corrected chi connectivity index (χ2v) is 7.58. The average molecular weight is 376 g/mol. The number of aryl methyl sites for hydroxylation is 1. The van der Waals surface area contributed by atoms with Crippen LogP contribution in [0.15, 0.2) is 35.7 Å². The maximum Gasteiger partial charge on any atom is 0.257 e.